The van der Waals surface area contributed by atoms with Crippen LogP contribution in [0.2, 0.25) is 5.04 Å². The van der Waals surface area contributed by atoms with E-state index in [9.17, 15) is 9.90 Å². The maximum atomic E-state index is 12.2. The van der Waals surface area contributed by atoms with Crippen LogP contribution in [-0.2, 0) is 0 Å². The van der Waals surface area contributed by atoms with Crippen molar-refractivity contribution in [3.8, 4) is 0 Å². The van der Waals surface area contributed by atoms with Crippen LogP contribution in [0.15, 0.2) is 84.0 Å². The topological polar surface area (TPSA) is 40.5 Å². The fourth-order valence-electron chi connectivity index (χ4n) is 4.52. The standard InChI is InChI=1S/C30H44O2Si/c1-6-27(31)23-22-26(3)16-13-15-25(2)17-14-24-30(4,5)33(32,28-18-9-7-10-19-28)29-20-11-8-12-21-29/h7-12,16-21,27,31-32H,6,13-15,22-24H2,1-5H3/b25-17+,26-16+/t27-/m0/s1. The Labute approximate surface area is 203 Å². The van der Waals surface area contributed by atoms with Crippen molar-refractivity contribution in [3.05, 3.63) is 84.0 Å². The van der Waals surface area contributed by atoms with Crippen LogP contribution in [-0.4, -0.2) is 24.3 Å². The van der Waals surface area contributed by atoms with Crippen molar-refractivity contribution >= 4 is 18.7 Å². The minimum absolute atomic E-state index is 0.174. The molecule has 0 aliphatic heterocycles. The second-order valence-electron chi connectivity index (χ2n) is 10.1. The highest BCUT2D eigenvalue weighted by Gasteiger charge is 2.49. The van der Waals surface area contributed by atoms with Gasteiger partial charge in [0.05, 0.1) is 6.10 Å². The second kappa shape index (κ2) is 13.1. The molecule has 0 unspecified atom stereocenters. The van der Waals surface area contributed by atoms with Gasteiger partial charge in [-0.2, -0.15) is 0 Å². The number of allylic oxidation sites excluding steroid dienone is 4. The summed E-state index contributed by atoms with van der Waals surface area (Å²) in [4.78, 5) is 12.2. The molecule has 0 saturated carbocycles. The molecule has 0 heterocycles. The van der Waals surface area contributed by atoms with Crippen LogP contribution < -0.4 is 10.4 Å². The molecule has 0 amide bonds. The molecule has 0 fully saturated rings. The summed E-state index contributed by atoms with van der Waals surface area (Å²) in [5.74, 6) is 0. The minimum Gasteiger partial charge on any atom is -0.424 e. The van der Waals surface area contributed by atoms with Crippen molar-refractivity contribution in [1.82, 2.24) is 0 Å². The van der Waals surface area contributed by atoms with Gasteiger partial charge in [0.15, 0.2) is 0 Å². The quantitative estimate of drug-likeness (QED) is 0.261. The van der Waals surface area contributed by atoms with Crippen molar-refractivity contribution in [1.29, 1.82) is 0 Å². The van der Waals surface area contributed by atoms with E-state index in [0.29, 0.717) is 0 Å². The Morgan fingerprint density at radius 1 is 0.848 bits per heavy atom. The van der Waals surface area contributed by atoms with E-state index in [-0.39, 0.29) is 11.1 Å². The first-order valence-corrected chi connectivity index (χ1v) is 14.5. The minimum atomic E-state index is -2.92. The molecule has 0 aliphatic carbocycles. The third-order valence-corrected chi connectivity index (χ3v) is 11.5. The van der Waals surface area contributed by atoms with Crippen molar-refractivity contribution in [2.75, 3.05) is 0 Å². The molecule has 2 rings (SSSR count). The molecule has 2 aromatic rings. The fourth-order valence-corrected chi connectivity index (χ4v) is 8.27. The summed E-state index contributed by atoms with van der Waals surface area (Å²) >= 11 is 0. The highest BCUT2D eigenvalue weighted by Crippen LogP contribution is 2.40. The van der Waals surface area contributed by atoms with Crippen molar-refractivity contribution in [2.24, 2.45) is 0 Å². The van der Waals surface area contributed by atoms with Crippen molar-refractivity contribution in [2.45, 2.75) is 90.7 Å². The van der Waals surface area contributed by atoms with E-state index in [4.69, 9.17) is 0 Å². The van der Waals surface area contributed by atoms with E-state index in [1.165, 1.54) is 11.1 Å². The smallest absolute Gasteiger partial charge is 0.258 e. The molecule has 1 atom stereocenters. The molecule has 0 spiro atoms. The van der Waals surface area contributed by atoms with E-state index in [1.54, 1.807) is 0 Å². The van der Waals surface area contributed by atoms with Gasteiger partial charge in [0, 0.05) is 0 Å². The highest BCUT2D eigenvalue weighted by atomic mass is 28.4. The number of hydrogen-bond donors (Lipinski definition) is 2. The maximum Gasteiger partial charge on any atom is 0.258 e. The van der Waals surface area contributed by atoms with Crippen LogP contribution in [0.3, 0.4) is 0 Å². The SMILES string of the molecule is CC[C@H](O)CC/C(C)=C/CC/C(C)=C/CCC(C)(C)[Si](O)(c1ccccc1)c1ccccc1. The molecular formula is C30H44O2Si. The first-order chi connectivity index (χ1) is 15.7. The maximum absolute atomic E-state index is 12.2. The van der Waals surface area contributed by atoms with E-state index in [1.807, 2.05) is 43.3 Å². The number of rotatable bonds is 13. The Morgan fingerprint density at radius 2 is 1.33 bits per heavy atom. The average molecular weight is 465 g/mol. The van der Waals surface area contributed by atoms with Gasteiger partial charge in [-0.25, -0.2) is 0 Å². The first-order valence-electron chi connectivity index (χ1n) is 12.5. The number of aliphatic hydroxyl groups is 1. The van der Waals surface area contributed by atoms with Crippen LogP contribution in [0.4, 0.5) is 0 Å². The van der Waals surface area contributed by atoms with Crippen LogP contribution >= 0.6 is 0 Å². The van der Waals surface area contributed by atoms with Gasteiger partial charge in [0.25, 0.3) is 8.32 Å². The van der Waals surface area contributed by atoms with E-state index >= 15 is 0 Å². The highest BCUT2D eigenvalue weighted by molar-refractivity contribution is 6.98. The molecule has 0 saturated heterocycles. The molecule has 2 N–H and O–H groups in total. The van der Waals surface area contributed by atoms with Crippen LogP contribution in [0.25, 0.3) is 0 Å². The number of aliphatic hydroxyl groups excluding tert-OH is 1. The molecule has 3 heteroatoms. The summed E-state index contributed by atoms with van der Waals surface area (Å²) in [7, 11) is -2.92. The molecule has 180 valence electrons. The summed E-state index contributed by atoms with van der Waals surface area (Å²) < 4.78 is 0. The van der Waals surface area contributed by atoms with Crippen molar-refractivity contribution < 1.29 is 9.90 Å². The predicted molar refractivity (Wildman–Crippen MR) is 146 cm³/mol. The second-order valence-corrected chi connectivity index (χ2v) is 14.0. The summed E-state index contributed by atoms with van der Waals surface area (Å²) in [6.07, 6.45) is 11.2. The van der Waals surface area contributed by atoms with E-state index < -0.39 is 8.32 Å². The Kier molecular flexibility index (Phi) is 10.8. The van der Waals surface area contributed by atoms with Gasteiger partial charge < -0.3 is 9.90 Å². The Morgan fingerprint density at radius 3 is 1.85 bits per heavy atom. The van der Waals surface area contributed by atoms with Gasteiger partial charge >= 0.3 is 0 Å². The van der Waals surface area contributed by atoms with Gasteiger partial charge in [0.2, 0.25) is 0 Å². The summed E-state index contributed by atoms with van der Waals surface area (Å²) in [5, 5.41) is 11.7. The molecular weight excluding hydrogens is 420 g/mol. The van der Waals surface area contributed by atoms with Gasteiger partial charge in [-0.15, -0.1) is 0 Å². The zero-order chi connectivity index (χ0) is 24.3. The lowest BCUT2D eigenvalue weighted by molar-refractivity contribution is 0.160. The van der Waals surface area contributed by atoms with Crippen molar-refractivity contribution in [3.63, 3.8) is 0 Å². The third-order valence-electron chi connectivity index (χ3n) is 7.00. The molecule has 0 aromatic heterocycles. The molecule has 33 heavy (non-hydrogen) atoms. The van der Waals surface area contributed by atoms with E-state index in [0.717, 1.165) is 55.3 Å². The molecule has 0 aliphatic rings. The normalized spacial score (nSPS) is 14.4. The summed E-state index contributed by atoms with van der Waals surface area (Å²) in [6, 6.07) is 20.6. The van der Waals surface area contributed by atoms with Crippen LogP contribution in [0.5, 0.6) is 0 Å². The Hall–Kier alpha value is -1.94. The summed E-state index contributed by atoms with van der Waals surface area (Å²) in [6.45, 7) is 10.9. The molecule has 0 radical (unpaired) electrons. The lowest BCUT2D eigenvalue weighted by atomic mass is 10.0. The Balaban J connectivity index is 2.02. The summed E-state index contributed by atoms with van der Waals surface area (Å²) in [5.41, 5.74) is 2.78. The number of benzene rings is 2. The molecule has 2 aromatic carbocycles. The predicted octanol–water partition coefficient (Wildman–Crippen LogP) is 6.52. The lowest BCUT2D eigenvalue weighted by Crippen LogP contribution is -2.65. The van der Waals surface area contributed by atoms with Gasteiger partial charge in [-0.1, -0.05) is 105 Å². The molecule has 0 bridgehead atoms. The van der Waals surface area contributed by atoms with Gasteiger partial charge in [-0.3, -0.25) is 0 Å². The van der Waals surface area contributed by atoms with E-state index in [2.05, 4.69) is 64.1 Å². The fraction of sp³-hybridized carbons (Fsp3) is 0.467. The largest absolute Gasteiger partial charge is 0.424 e. The monoisotopic (exact) mass is 464 g/mol. The Bertz CT molecular complexity index is 845. The third kappa shape index (κ3) is 7.81. The van der Waals surface area contributed by atoms with Gasteiger partial charge in [-0.05, 0) is 74.2 Å². The first kappa shape index (κ1) is 27.3. The zero-order valence-electron chi connectivity index (χ0n) is 21.3. The number of hydrogen-bond acceptors (Lipinski definition) is 2. The van der Waals surface area contributed by atoms with Crippen LogP contribution in [0.1, 0.15) is 79.6 Å². The zero-order valence-corrected chi connectivity index (χ0v) is 22.3. The van der Waals surface area contributed by atoms with Gasteiger partial charge in [0.1, 0.15) is 0 Å². The molecule has 2 nitrogen and oxygen atoms in total. The lowest BCUT2D eigenvalue weighted by Gasteiger charge is -2.41. The van der Waals surface area contributed by atoms with Crippen LogP contribution in [0, 0.1) is 0 Å². The average Bonchev–Trinajstić information content (AvgIpc) is 2.82.